The molecule has 1 amide bonds. The number of amides is 1. The SMILES string of the molecule is COc1ccc(Cl)cc1NC(=O)c1nnc(Cl)s1. The van der Waals surface area contributed by atoms with E-state index in [1.807, 2.05) is 0 Å². The van der Waals surface area contributed by atoms with Crippen LogP contribution in [-0.2, 0) is 0 Å². The van der Waals surface area contributed by atoms with Crippen LogP contribution in [0.25, 0.3) is 0 Å². The van der Waals surface area contributed by atoms with Crippen molar-refractivity contribution in [3.8, 4) is 5.75 Å². The molecule has 0 bridgehead atoms. The molecule has 0 unspecified atom stereocenters. The Morgan fingerprint density at radius 3 is 2.78 bits per heavy atom. The summed E-state index contributed by atoms with van der Waals surface area (Å²) in [5.74, 6) is 0.0864. The predicted molar refractivity (Wildman–Crippen MR) is 70.9 cm³/mol. The van der Waals surface area contributed by atoms with Crippen LogP contribution in [0.1, 0.15) is 9.80 Å². The number of aromatic nitrogens is 2. The molecule has 0 fully saturated rings. The van der Waals surface area contributed by atoms with Crippen molar-refractivity contribution in [2.45, 2.75) is 0 Å². The lowest BCUT2D eigenvalue weighted by atomic mass is 10.3. The van der Waals surface area contributed by atoms with Crippen LogP contribution in [0, 0.1) is 0 Å². The molecule has 1 heterocycles. The van der Waals surface area contributed by atoms with Crippen LogP contribution in [0.15, 0.2) is 18.2 Å². The van der Waals surface area contributed by atoms with Crippen molar-refractivity contribution in [3.63, 3.8) is 0 Å². The van der Waals surface area contributed by atoms with Gasteiger partial charge < -0.3 is 10.1 Å². The summed E-state index contributed by atoms with van der Waals surface area (Å²) in [5, 5.41) is 10.5. The molecule has 2 aromatic rings. The Hall–Kier alpha value is -1.37. The third-order valence-electron chi connectivity index (χ3n) is 2.00. The van der Waals surface area contributed by atoms with Crippen molar-refractivity contribution in [2.24, 2.45) is 0 Å². The molecule has 0 saturated carbocycles. The number of nitrogens with one attached hydrogen (secondary N) is 1. The van der Waals surface area contributed by atoms with Crippen LogP contribution in [-0.4, -0.2) is 23.2 Å². The molecule has 0 aliphatic rings. The van der Waals surface area contributed by atoms with E-state index in [1.54, 1.807) is 18.2 Å². The monoisotopic (exact) mass is 303 g/mol. The van der Waals surface area contributed by atoms with Crippen molar-refractivity contribution in [3.05, 3.63) is 32.7 Å². The number of benzene rings is 1. The summed E-state index contributed by atoms with van der Waals surface area (Å²) in [4.78, 5) is 11.8. The number of ether oxygens (including phenoxy) is 1. The second-order valence-electron chi connectivity index (χ2n) is 3.16. The Bertz CT molecular complexity index is 588. The summed E-state index contributed by atoms with van der Waals surface area (Å²) in [5.41, 5.74) is 0.460. The van der Waals surface area contributed by atoms with E-state index >= 15 is 0 Å². The van der Waals surface area contributed by atoms with Gasteiger partial charge in [-0.25, -0.2) is 0 Å². The van der Waals surface area contributed by atoms with E-state index in [4.69, 9.17) is 27.9 Å². The van der Waals surface area contributed by atoms with Crippen LogP contribution >= 0.6 is 34.5 Å². The molecule has 18 heavy (non-hydrogen) atoms. The fourth-order valence-corrected chi connectivity index (χ4v) is 2.15. The zero-order chi connectivity index (χ0) is 13.1. The van der Waals surface area contributed by atoms with Crippen LogP contribution < -0.4 is 10.1 Å². The van der Waals surface area contributed by atoms with Crippen molar-refractivity contribution in [1.82, 2.24) is 10.2 Å². The van der Waals surface area contributed by atoms with Gasteiger partial charge in [-0.2, -0.15) is 0 Å². The molecule has 0 spiro atoms. The number of halogens is 2. The molecule has 0 aliphatic carbocycles. The van der Waals surface area contributed by atoms with E-state index in [1.165, 1.54) is 7.11 Å². The molecular formula is C10H7Cl2N3O2S. The lowest BCUT2D eigenvalue weighted by molar-refractivity contribution is 0.102. The van der Waals surface area contributed by atoms with E-state index in [0.717, 1.165) is 11.3 Å². The summed E-state index contributed by atoms with van der Waals surface area (Å²) in [7, 11) is 1.50. The summed E-state index contributed by atoms with van der Waals surface area (Å²) in [6, 6.07) is 4.91. The maximum atomic E-state index is 11.8. The average molecular weight is 304 g/mol. The average Bonchev–Trinajstić information content (AvgIpc) is 2.76. The van der Waals surface area contributed by atoms with Crippen molar-refractivity contribution in [2.75, 3.05) is 12.4 Å². The Kier molecular flexibility index (Phi) is 4.00. The molecule has 1 aromatic heterocycles. The maximum absolute atomic E-state index is 11.8. The summed E-state index contributed by atoms with van der Waals surface area (Å²) in [6.07, 6.45) is 0. The van der Waals surface area contributed by atoms with Crippen molar-refractivity contribution >= 4 is 46.1 Å². The molecule has 0 atom stereocenters. The number of rotatable bonds is 3. The van der Waals surface area contributed by atoms with Gasteiger partial charge in [0.05, 0.1) is 12.8 Å². The van der Waals surface area contributed by atoms with Crippen LogP contribution in [0.3, 0.4) is 0 Å². The van der Waals surface area contributed by atoms with Crippen LogP contribution in [0.5, 0.6) is 5.75 Å². The highest BCUT2D eigenvalue weighted by molar-refractivity contribution is 7.17. The minimum absolute atomic E-state index is 0.169. The Morgan fingerprint density at radius 1 is 1.39 bits per heavy atom. The zero-order valence-corrected chi connectivity index (χ0v) is 11.4. The lowest BCUT2D eigenvalue weighted by Gasteiger charge is -2.09. The normalized spacial score (nSPS) is 10.2. The predicted octanol–water partition coefficient (Wildman–Crippen LogP) is 3.11. The minimum atomic E-state index is -0.417. The lowest BCUT2D eigenvalue weighted by Crippen LogP contribution is -2.12. The Morgan fingerprint density at radius 2 is 2.17 bits per heavy atom. The first-order chi connectivity index (χ1) is 8.60. The van der Waals surface area contributed by atoms with Crippen LogP contribution in [0.4, 0.5) is 5.69 Å². The van der Waals surface area contributed by atoms with Gasteiger partial charge in [-0.3, -0.25) is 4.79 Å². The molecule has 0 radical (unpaired) electrons. The largest absolute Gasteiger partial charge is 0.495 e. The third-order valence-corrected chi connectivity index (χ3v) is 3.26. The Labute approximate surface area is 117 Å². The molecule has 1 N–H and O–H groups in total. The summed E-state index contributed by atoms with van der Waals surface area (Å²) < 4.78 is 5.32. The van der Waals surface area contributed by atoms with Gasteiger partial charge in [0.25, 0.3) is 5.91 Å². The molecular weight excluding hydrogens is 297 g/mol. The molecule has 0 aliphatic heterocycles. The first-order valence-corrected chi connectivity index (χ1v) is 6.31. The first kappa shape index (κ1) is 13.1. The van der Waals surface area contributed by atoms with Gasteiger partial charge in [-0.1, -0.05) is 22.9 Å². The number of hydrogen-bond donors (Lipinski definition) is 1. The maximum Gasteiger partial charge on any atom is 0.286 e. The molecule has 8 heteroatoms. The van der Waals surface area contributed by atoms with E-state index in [9.17, 15) is 4.79 Å². The van der Waals surface area contributed by atoms with Crippen LogP contribution in [0.2, 0.25) is 9.49 Å². The first-order valence-electron chi connectivity index (χ1n) is 4.74. The summed E-state index contributed by atoms with van der Waals surface area (Å²) in [6.45, 7) is 0. The highest BCUT2D eigenvalue weighted by atomic mass is 35.5. The third kappa shape index (κ3) is 2.90. The van der Waals surface area contributed by atoms with Gasteiger partial charge in [0, 0.05) is 5.02 Å². The van der Waals surface area contributed by atoms with Crippen molar-refractivity contribution < 1.29 is 9.53 Å². The minimum Gasteiger partial charge on any atom is -0.495 e. The van der Waals surface area contributed by atoms with Gasteiger partial charge >= 0.3 is 0 Å². The highest BCUT2D eigenvalue weighted by Gasteiger charge is 2.14. The molecule has 1 aromatic carbocycles. The summed E-state index contributed by atoms with van der Waals surface area (Å²) >= 11 is 12.5. The van der Waals surface area contributed by atoms with Gasteiger partial charge in [-0.05, 0) is 29.8 Å². The number of carbonyl (C=O) groups is 1. The molecule has 0 saturated heterocycles. The highest BCUT2D eigenvalue weighted by Crippen LogP contribution is 2.28. The molecule has 5 nitrogen and oxygen atoms in total. The zero-order valence-electron chi connectivity index (χ0n) is 9.11. The topological polar surface area (TPSA) is 64.1 Å². The second kappa shape index (κ2) is 5.51. The van der Waals surface area contributed by atoms with E-state index in [-0.39, 0.29) is 9.47 Å². The van der Waals surface area contributed by atoms with Gasteiger partial charge in [0.15, 0.2) is 0 Å². The van der Waals surface area contributed by atoms with E-state index < -0.39 is 5.91 Å². The fourth-order valence-electron chi connectivity index (χ4n) is 1.25. The number of anilines is 1. The van der Waals surface area contributed by atoms with Crippen molar-refractivity contribution in [1.29, 1.82) is 0 Å². The standard InChI is InChI=1S/C10H7Cl2N3O2S/c1-17-7-3-2-5(11)4-6(7)13-8(16)9-14-15-10(12)18-9/h2-4H,1H3,(H,13,16). The Balaban J connectivity index is 2.23. The number of nitrogens with zero attached hydrogens (tertiary/aromatic N) is 2. The molecule has 94 valence electrons. The van der Waals surface area contributed by atoms with Gasteiger partial charge in [-0.15, -0.1) is 10.2 Å². The van der Waals surface area contributed by atoms with E-state index in [2.05, 4.69) is 15.5 Å². The quantitative estimate of drug-likeness (QED) is 0.946. The second-order valence-corrected chi connectivity index (χ2v) is 5.15. The molecule has 2 rings (SSSR count). The number of methoxy groups -OCH3 is 1. The van der Waals surface area contributed by atoms with Gasteiger partial charge in [0.2, 0.25) is 9.47 Å². The number of hydrogen-bond acceptors (Lipinski definition) is 5. The van der Waals surface area contributed by atoms with E-state index in [0.29, 0.717) is 16.5 Å². The number of carbonyl (C=O) groups excluding carboxylic acids is 1. The van der Waals surface area contributed by atoms with Gasteiger partial charge in [0.1, 0.15) is 5.75 Å². The smallest absolute Gasteiger partial charge is 0.286 e. The fraction of sp³-hybridized carbons (Fsp3) is 0.100.